The van der Waals surface area contributed by atoms with Crippen molar-refractivity contribution in [3.05, 3.63) is 66.1 Å². The molecule has 1 aromatic carbocycles. The molecule has 23 heavy (non-hydrogen) atoms. The Morgan fingerprint density at radius 3 is 2.78 bits per heavy atom. The van der Waals surface area contributed by atoms with E-state index >= 15 is 0 Å². The lowest BCUT2D eigenvalue weighted by atomic mass is 10.1. The molecule has 0 saturated heterocycles. The molecule has 1 N–H and O–H groups in total. The van der Waals surface area contributed by atoms with E-state index in [-0.39, 0.29) is 0 Å². The molecule has 3 aromatic rings. The highest BCUT2D eigenvalue weighted by molar-refractivity contribution is 8.14. The smallest absolute Gasteiger partial charge is 0.161 e. The van der Waals surface area contributed by atoms with E-state index in [1.807, 2.05) is 24.4 Å². The molecule has 0 unspecified atom stereocenters. The number of hydrogen-bond donors (Lipinski definition) is 1. The minimum absolute atomic E-state index is 0.921. The summed E-state index contributed by atoms with van der Waals surface area (Å²) in [4.78, 5) is 9.05. The number of pyridine rings is 1. The van der Waals surface area contributed by atoms with E-state index in [2.05, 4.69) is 50.2 Å². The molecule has 0 radical (unpaired) electrons. The zero-order valence-corrected chi connectivity index (χ0v) is 13.6. The number of aryl methyl sites for hydroxylation is 2. The van der Waals surface area contributed by atoms with E-state index in [4.69, 9.17) is 0 Å². The van der Waals surface area contributed by atoms with Gasteiger partial charge in [-0.05, 0) is 42.7 Å². The Bertz CT molecular complexity index is 803. The summed E-state index contributed by atoms with van der Waals surface area (Å²) in [5.41, 5.74) is 4.58. The topological polar surface area (TPSA) is 41.7 Å². The number of benzene rings is 1. The zero-order chi connectivity index (χ0) is 15.5. The molecular formula is C18H18N4S. The third-order valence-electron chi connectivity index (χ3n) is 3.87. The van der Waals surface area contributed by atoms with Crippen molar-refractivity contribution >= 4 is 28.3 Å². The fourth-order valence-electron chi connectivity index (χ4n) is 2.67. The maximum Gasteiger partial charge on any atom is 0.161 e. The van der Waals surface area contributed by atoms with Crippen LogP contribution in [0.3, 0.4) is 0 Å². The number of fused-ring (bicyclic) bond motifs is 1. The van der Waals surface area contributed by atoms with Crippen molar-refractivity contribution in [2.24, 2.45) is 4.99 Å². The van der Waals surface area contributed by atoms with Gasteiger partial charge in [0.05, 0.1) is 12.2 Å². The second-order valence-electron chi connectivity index (χ2n) is 5.56. The molecule has 1 aliphatic rings. The van der Waals surface area contributed by atoms with Gasteiger partial charge in [0.25, 0.3) is 0 Å². The standard InChI is InChI=1S/C18H18N4S/c1-2-11-22-13-16(20-17(22)3-1)9-6-14-4-7-15(8-5-14)21-18-19-10-12-23-18/h1-5,7-8,11,13H,6,9-10,12H2,(H,19,21). The van der Waals surface area contributed by atoms with Gasteiger partial charge in [-0.25, -0.2) is 4.98 Å². The summed E-state index contributed by atoms with van der Waals surface area (Å²) in [5.74, 6) is 1.08. The van der Waals surface area contributed by atoms with Crippen LogP contribution in [0.15, 0.2) is 59.9 Å². The molecule has 116 valence electrons. The number of nitrogens with zero attached hydrogens (tertiary/aromatic N) is 3. The first-order valence-electron chi connectivity index (χ1n) is 7.83. The first-order chi connectivity index (χ1) is 11.4. The molecule has 0 aliphatic carbocycles. The van der Waals surface area contributed by atoms with Gasteiger partial charge in [0, 0.05) is 23.8 Å². The monoisotopic (exact) mass is 322 g/mol. The Kier molecular flexibility index (Phi) is 4.03. The predicted molar refractivity (Wildman–Crippen MR) is 97.4 cm³/mol. The lowest BCUT2D eigenvalue weighted by Crippen LogP contribution is -2.04. The van der Waals surface area contributed by atoms with E-state index in [9.17, 15) is 0 Å². The van der Waals surface area contributed by atoms with Crippen LogP contribution in [0.1, 0.15) is 11.3 Å². The number of thioether (sulfide) groups is 1. The van der Waals surface area contributed by atoms with E-state index in [1.165, 1.54) is 5.56 Å². The van der Waals surface area contributed by atoms with Crippen LogP contribution in [0.4, 0.5) is 5.69 Å². The van der Waals surface area contributed by atoms with Gasteiger partial charge in [-0.1, -0.05) is 30.0 Å². The molecule has 4 nitrogen and oxygen atoms in total. The highest BCUT2D eigenvalue weighted by Gasteiger charge is 2.07. The molecule has 0 bridgehead atoms. The molecule has 4 rings (SSSR count). The third kappa shape index (κ3) is 3.40. The summed E-state index contributed by atoms with van der Waals surface area (Å²) in [5, 5.41) is 4.39. The van der Waals surface area contributed by atoms with Gasteiger partial charge in [0.2, 0.25) is 0 Å². The number of aromatic nitrogens is 2. The van der Waals surface area contributed by atoms with Crippen LogP contribution in [0, 0.1) is 0 Å². The average molecular weight is 322 g/mol. The second-order valence-corrected chi connectivity index (χ2v) is 6.64. The first kappa shape index (κ1) is 14.3. The van der Waals surface area contributed by atoms with Crippen molar-refractivity contribution in [2.75, 3.05) is 17.6 Å². The number of nitrogens with one attached hydrogen (secondary N) is 1. The van der Waals surface area contributed by atoms with Crippen LogP contribution in [0.5, 0.6) is 0 Å². The highest BCUT2D eigenvalue weighted by atomic mass is 32.2. The van der Waals surface area contributed by atoms with E-state index in [1.54, 1.807) is 11.8 Å². The maximum atomic E-state index is 4.65. The van der Waals surface area contributed by atoms with E-state index in [0.29, 0.717) is 0 Å². The molecule has 3 heterocycles. The number of aliphatic imine (C=N–C) groups is 1. The van der Waals surface area contributed by atoms with Crippen molar-refractivity contribution < 1.29 is 0 Å². The lowest BCUT2D eigenvalue weighted by Gasteiger charge is -2.06. The third-order valence-corrected chi connectivity index (χ3v) is 4.77. The van der Waals surface area contributed by atoms with Gasteiger partial charge in [-0.3, -0.25) is 4.99 Å². The van der Waals surface area contributed by atoms with Crippen LogP contribution in [0.25, 0.3) is 5.65 Å². The summed E-state index contributed by atoms with van der Waals surface area (Å²) in [7, 11) is 0. The summed E-state index contributed by atoms with van der Waals surface area (Å²) in [6, 6.07) is 14.7. The Hall–Kier alpha value is -2.27. The van der Waals surface area contributed by atoms with E-state index in [0.717, 1.165) is 47.3 Å². The quantitative estimate of drug-likeness (QED) is 0.797. The first-order valence-corrected chi connectivity index (χ1v) is 8.81. The molecule has 0 amide bonds. The Morgan fingerprint density at radius 2 is 2.00 bits per heavy atom. The number of hydrogen-bond acceptors (Lipinski definition) is 4. The van der Waals surface area contributed by atoms with Crippen molar-refractivity contribution in [1.29, 1.82) is 0 Å². The normalized spacial score (nSPS) is 14.2. The van der Waals surface area contributed by atoms with Gasteiger partial charge in [0.15, 0.2) is 5.17 Å². The summed E-state index contributed by atoms with van der Waals surface area (Å²) < 4.78 is 2.07. The number of rotatable bonds is 4. The molecule has 5 heteroatoms. The molecule has 0 fully saturated rings. The average Bonchev–Trinajstić information content (AvgIpc) is 3.23. The number of imidazole rings is 1. The SMILES string of the molecule is c1ccn2cc(CCc3ccc(NC4=NCCS4)cc3)nc2c1. The highest BCUT2D eigenvalue weighted by Crippen LogP contribution is 2.17. The molecule has 0 saturated carbocycles. The molecular weight excluding hydrogens is 304 g/mol. The minimum atomic E-state index is 0.921. The van der Waals surface area contributed by atoms with E-state index < -0.39 is 0 Å². The van der Waals surface area contributed by atoms with Gasteiger partial charge >= 0.3 is 0 Å². The van der Waals surface area contributed by atoms with Crippen molar-refractivity contribution in [2.45, 2.75) is 12.8 Å². The summed E-state index contributed by atoms with van der Waals surface area (Å²) in [6.07, 6.45) is 6.10. The number of amidine groups is 1. The van der Waals surface area contributed by atoms with Crippen LogP contribution in [-0.4, -0.2) is 26.8 Å². The maximum absolute atomic E-state index is 4.65. The van der Waals surface area contributed by atoms with Gasteiger partial charge in [-0.2, -0.15) is 0 Å². The Labute approximate surface area is 139 Å². The minimum Gasteiger partial charge on any atom is -0.335 e. The van der Waals surface area contributed by atoms with Crippen molar-refractivity contribution in [3.63, 3.8) is 0 Å². The zero-order valence-electron chi connectivity index (χ0n) is 12.8. The van der Waals surface area contributed by atoms with Crippen LogP contribution in [0.2, 0.25) is 0 Å². The van der Waals surface area contributed by atoms with Crippen molar-refractivity contribution in [3.8, 4) is 0 Å². The fourth-order valence-corrected chi connectivity index (χ4v) is 3.42. The van der Waals surface area contributed by atoms with Crippen LogP contribution < -0.4 is 5.32 Å². The van der Waals surface area contributed by atoms with Gasteiger partial charge in [0.1, 0.15) is 5.65 Å². The predicted octanol–water partition coefficient (Wildman–Crippen LogP) is 3.63. The molecule has 2 aromatic heterocycles. The second kappa shape index (κ2) is 6.46. The largest absolute Gasteiger partial charge is 0.335 e. The molecule has 0 spiro atoms. The fraction of sp³-hybridized carbons (Fsp3) is 0.222. The van der Waals surface area contributed by atoms with Gasteiger partial charge in [-0.15, -0.1) is 0 Å². The molecule has 0 atom stereocenters. The number of anilines is 1. The Balaban J connectivity index is 1.38. The summed E-state index contributed by atoms with van der Waals surface area (Å²) >= 11 is 1.78. The van der Waals surface area contributed by atoms with Crippen LogP contribution in [-0.2, 0) is 12.8 Å². The lowest BCUT2D eigenvalue weighted by molar-refractivity contribution is 0.927. The van der Waals surface area contributed by atoms with Crippen LogP contribution >= 0.6 is 11.8 Å². The van der Waals surface area contributed by atoms with Crippen molar-refractivity contribution in [1.82, 2.24) is 9.38 Å². The Morgan fingerprint density at radius 1 is 1.09 bits per heavy atom. The molecule has 1 aliphatic heterocycles. The summed E-state index contributed by atoms with van der Waals surface area (Å²) in [6.45, 7) is 0.921. The van der Waals surface area contributed by atoms with Gasteiger partial charge < -0.3 is 9.72 Å².